The topological polar surface area (TPSA) is 85.2 Å². The molecule has 0 fully saturated rings. The third-order valence-corrected chi connectivity index (χ3v) is 2.47. The van der Waals surface area contributed by atoms with Gasteiger partial charge in [0.15, 0.2) is 0 Å². The van der Waals surface area contributed by atoms with Gasteiger partial charge in [0.25, 0.3) is 6.43 Å². The van der Waals surface area contributed by atoms with Crippen LogP contribution in [0.3, 0.4) is 0 Å². The number of aryl methyl sites for hydroxylation is 1. The summed E-state index contributed by atoms with van der Waals surface area (Å²) in [4.78, 5) is 3.94. The van der Waals surface area contributed by atoms with Gasteiger partial charge in [0, 0.05) is 5.56 Å². The standard InChI is InChI=1S/C11H11F2N3O2/c1-5-2-6(3-7(9(5)17)10(12)13)11-15-8(4-14)18-16-11/h2-3,10,17H,4,14H2,1H3. The van der Waals surface area contributed by atoms with Crippen molar-refractivity contribution in [3.8, 4) is 17.1 Å². The highest BCUT2D eigenvalue weighted by Gasteiger charge is 2.18. The van der Waals surface area contributed by atoms with Crippen molar-refractivity contribution >= 4 is 0 Å². The van der Waals surface area contributed by atoms with Crippen molar-refractivity contribution in [3.63, 3.8) is 0 Å². The molecule has 0 aliphatic carbocycles. The molecule has 0 saturated carbocycles. The van der Waals surface area contributed by atoms with Crippen LogP contribution in [-0.2, 0) is 6.54 Å². The number of hydrogen-bond donors (Lipinski definition) is 2. The summed E-state index contributed by atoms with van der Waals surface area (Å²) in [7, 11) is 0. The van der Waals surface area contributed by atoms with Crippen LogP contribution >= 0.6 is 0 Å². The van der Waals surface area contributed by atoms with Crippen LogP contribution < -0.4 is 5.73 Å². The van der Waals surface area contributed by atoms with Gasteiger partial charge >= 0.3 is 0 Å². The molecular formula is C11H11F2N3O2. The van der Waals surface area contributed by atoms with Crippen LogP contribution in [0.25, 0.3) is 11.4 Å². The van der Waals surface area contributed by atoms with E-state index in [1.54, 1.807) is 0 Å². The molecule has 1 heterocycles. The Morgan fingerprint density at radius 1 is 1.44 bits per heavy atom. The fourth-order valence-electron chi connectivity index (χ4n) is 1.56. The quantitative estimate of drug-likeness (QED) is 0.877. The minimum Gasteiger partial charge on any atom is -0.507 e. The van der Waals surface area contributed by atoms with Gasteiger partial charge in [-0.3, -0.25) is 0 Å². The molecule has 0 aliphatic heterocycles. The summed E-state index contributed by atoms with van der Waals surface area (Å²) in [6.07, 6.45) is -2.77. The number of phenolic OH excluding ortho intramolecular Hbond substituents is 1. The van der Waals surface area contributed by atoms with Crippen molar-refractivity contribution < 1.29 is 18.4 Å². The van der Waals surface area contributed by atoms with E-state index in [0.717, 1.165) is 6.07 Å². The molecule has 2 rings (SSSR count). The second-order valence-corrected chi connectivity index (χ2v) is 3.75. The van der Waals surface area contributed by atoms with Crippen molar-refractivity contribution in [2.45, 2.75) is 19.9 Å². The van der Waals surface area contributed by atoms with Crippen molar-refractivity contribution in [1.29, 1.82) is 0 Å². The first-order valence-electron chi connectivity index (χ1n) is 5.17. The van der Waals surface area contributed by atoms with Gasteiger partial charge in [-0.25, -0.2) is 8.78 Å². The monoisotopic (exact) mass is 255 g/mol. The third kappa shape index (κ3) is 2.17. The van der Waals surface area contributed by atoms with Gasteiger partial charge in [-0.15, -0.1) is 0 Å². The maximum atomic E-state index is 12.7. The molecule has 2 aromatic rings. The SMILES string of the molecule is Cc1cc(-c2noc(CN)n2)cc(C(F)F)c1O. The predicted molar refractivity (Wildman–Crippen MR) is 59.0 cm³/mol. The minimum absolute atomic E-state index is 0.0752. The van der Waals surface area contributed by atoms with E-state index in [-0.39, 0.29) is 18.3 Å². The molecule has 18 heavy (non-hydrogen) atoms. The molecule has 3 N–H and O–H groups in total. The molecule has 0 radical (unpaired) electrons. The Bertz CT molecular complexity index is 569. The number of benzene rings is 1. The first-order valence-corrected chi connectivity index (χ1v) is 5.17. The molecule has 0 aliphatic rings. The predicted octanol–water partition coefficient (Wildman–Crippen LogP) is 2.15. The van der Waals surface area contributed by atoms with Gasteiger partial charge in [-0.1, -0.05) is 5.16 Å². The van der Waals surface area contributed by atoms with E-state index in [1.165, 1.54) is 13.0 Å². The molecule has 0 spiro atoms. The van der Waals surface area contributed by atoms with E-state index in [2.05, 4.69) is 10.1 Å². The lowest BCUT2D eigenvalue weighted by atomic mass is 10.0. The van der Waals surface area contributed by atoms with Crippen molar-refractivity contribution in [2.24, 2.45) is 5.73 Å². The molecule has 1 aromatic carbocycles. The van der Waals surface area contributed by atoms with Gasteiger partial charge in [0.2, 0.25) is 11.7 Å². The highest BCUT2D eigenvalue weighted by molar-refractivity contribution is 5.61. The molecule has 1 aromatic heterocycles. The van der Waals surface area contributed by atoms with Crippen molar-refractivity contribution in [1.82, 2.24) is 10.1 Å². The van der Waals surface area contributed by atoms with Crippen LogP contribution in [0.2, 0.25) is 0 Å². The molecular weight excluding hydrogens is 244 g/mol. The number of rotatable bonds is 3. The molecule has 5 nitrogen and oxygen atoms in total. The van der Waals surface area contributed by atoms with Crippen molar-refractivity contribution in [3.05, 3.63) is 29.2 Å². The Labute approximate surface area is 101 Å². The zero-order chi connectivity index (χ0) is 13.3. The molecule has 0 saturated heterocycles. The molecule has 0 atom stereocenters. The van der Waals surface area contributed by atoms with Gasteiger partial charge in [-0.2, -0.15) is 4.98 Å². The Balaban J connectivity index is 2.51. The maximum absolute atomic E-state index is 12.7. The van der Waals surface area contributed by atoms with E-state index < -0.39 is 17.7 Å². The maximum Gasteiger partial charge on any atom is 0.267 e. The van der Waals surface area contributed by atoms with Crippen molar-refractivity contribution in [2.75, 3.05) is 0 Å². The zero-order valence-electron chi connectivity index (χ0n) is 9.52. The van der Waals surface area contributed by atoms with Gasteiger partial charge in [0.05, 0.1) is 12.1 Å². The molecule has 0 unspecified atom stereocenters. The Kier molecular flexibility index (Phi) is 3.24. The minimum atomic E-state index is -2.77. The summed E-state index contributed by atoms with van der Waals surface area (Å²) < 4.78 is 30.3. The van der Waals surface area contributed by atoms with Crippen LogP contribution in [0.1, 0.15) is 23.4 Å². The molecule has 7 heteroatoms. The van der Waals surface area contributed by atoms with E-state index in [1.807, 2.05) is 0 Å². The van der Waals surface area contributed by atoms with Gasteiger partial charge in [-0.05, 0) is 24.6 Å². The first kappa shape index (κ1) is 12.4. The summed E-state index contributed by atoms with van der Waals surface area (Å²) in [5.41, 5.74) is 5.53. The highest BCUT2D eigenvalue weighted by atomic mass is 19.3. The Morgan fingerprint density at radius 2 is 2.17 bits per heavy atom. The lowest BCUT2D eigenvalue weighted by Gasteiger charge is -2.08. The normalized spacial score (nSPS) is 11.2. The van der Waals surface area contributed by atoms with Crippen LogP contribution in [0, 0.1) is 6.92 Å². The smallest absolute Gasteiger partial charge is 0.267 e. The largest absolute Gasteiger partial charge is 0.507 e. The second kappa shape index (κ2) is 4.69. The number of aromatic hydroxyl groups is 1. The lowest BCUT2D eigenvalue weighted by molar-refractivity contribution is 0.147. The van der Waals surface area contributed by atoms with Crippen LogP contribution in [-0.4, -0.2) is 15.2 Å². The fourth-order valence-corrected chi connectivity index (χ4v) is 1.56. The van der Waals surface area contributed by atoms with E-state index in [0.29, 0.717) is 11.1 Å². The average Bonchev–Trinajstić information content (AvgIpc) is 2.80. The lowest BCUT2D eigenvalue weighted by Crippen LogP contribution is -1.96. The van der Waals surface area contributed by atoms with Gasteiger partial charge in [0.1, 0.15) is 5.75 Å². The Hall–Kier alpha value is -2.02. The fraction of sp³-hybridized carbons (Fsp3) is 0.273. The van der Waals surface area contributed by atoms with E-state index >= 15 is 0 Å². The summed E-state index contributed by atoms with van der Waals surface area (Å²) >= 11 is 0. The summed E-state index contributed by atoms with van der Waals surface area (Å²) in [6, 6.07) is 2.64. The number of hydrogen-bond acceptors (Lipinski definition) is 5. The van der Waals surface area contributed by atoms with Crippen LogP contribution in [0.4, 0.5) is 8.78 Å². The van der Waals surface area contributed by atoms with Crippen LogP contribution in [0.15, 0.2) is 16.7 Å². The number of aromatic nitrogens is 2. The Morgan fingerprint density at radius 3 is 2.72 bits per heavy atom. The average molecular weight is 255 g/mol. The summed E-state index contributed by atoms with van der Waals surface area (Å²) in [5.74, 6) is -0.0360. The summed E-state index contributed by atoms with van der Waals surface area (Å²) in [6.45, 7) is 1.60. The number of halogens is 2. The summed E-state index contributed by atoms with van der Waals surface area (Å²) in [5, 5.41) is 13.2. The third-order valence-electron chi connectivity index (χ3n) is 2.47. The molecule has 0 amide bonds. The molecule has 0 bridgehead atoms. The number of phenols is 1. The molecule has 96 valence electrons. The zero-order valence-corrected chi connectivity index (χ0v) is 9.52. The number of nitrogens with two attached hydrogens (primary N) is 1. The highest BCUT2D eigenvalue weighted by Crippen LogP contribution is 2.34. The second-order valence-electron chi connectivity index (χ2n) is 3.75. The first-order chi connectivity index (χ1) is 8.52. The van der Waals surface area contributed by atoms with Gasteiger partial charge < -0.3 is 15.4 Å². The number of nitrogens with zero attached hydrogens (tertiary/aromatic N) is 2. The van der Waals surface area contributed by atoms with Crippen LogP contribution in [0.5, 0.6) is 5.75 Å². The van der Waals surface area contributed by atoms with E-state index in [4.69, 9.17) is 10.3 Å². The van der Waals surface area contributed by atoms with E-state index in [9.17, 15) is 13.9 Å². The number of alkyl halides is 2.